The lowest BCUT2D eigenvalue weighted by molar-refractivity contribution is -0.132. The molecule has 0 aromatic carbocycles. The monoisotopic (exact) mass is 290 g/mol. The standard InChI is InChI=1S/C13H26N2O3S/c1-4-19(17,18)14-12-7-9-15(10-8-12)13(16)6-5-11(2)3/h11-12,14H,4-10H2,1-3H3. The third kappa shape index (κ3) is 5.91. The molecule has 0 aromatic rings. The van der Waals surface area contributed by atoms with Crippen LogP contribution < -0.4 is 4.72 Å². The van der Waals surface area contributed by atoms with Crippen LogP contribution >= 0.6 is 0 Å². The Bertz CT molecular complexity index is 385. The Balaban J connectivity index is 2.34. The summed E-state index contributed by atoms with van der Waals surface area (Å²) in [6.45, 7) is 7.17. The zero-order chi connectivity index (χ0) is 14.5. The minimum absolute atomic E-state index is 0.0147. The van der Waals surface area contributed by atoms with E-state index in [0.717, 1.165) is 6.42 Å². The smallest absolute Gasteiger partial charge is 0.222 e. The van der Waals surface area contributed by atoms with Crippen LogP contribution in [-0.2, 0) is 14.8 Å². The van der Waals surface area contributed by atoms with E-state index < -0.39 is 10.0 Å². The van der Waals surface area contributed by atoms with Gasteiger partial charge in [0, 0.05) is 25.6 Å². The molecule has 0 aliphatic carbocycles. The topological polar surface area (TPSA) is 66.5 Å². The fourth-order valence-electron chi connectivity index (χ4n) is 2.15. The molecule has 0 aromatic heterocycles. The number of rotatable bonds is 6. The Morgan fingerprint density at radius 2 is 1.89 bits per heavy atom. The molecule has 0 atom stereocenters. The highest BCUT2D eigenvalue weighted by atomic mass is 32.2. The molecule has 1 rings (SSSR count). The average Bonchev–Trinajstić information content (AvgIpc) is 2.36. The molecule has 1 aliphatic heterocycles. The highest BCUT2D eigenvalue weighted by molar-refractivity contribution is 7.89. The van der Waals surface area contributed by atoms with E-state index in [2.05, 4.69) is 18.6 Å². The van der Waals surface area contributed by atoms with Gasteiger partial charge in [-0.15, -0.1) is 0 Å². The van der Waals surface area contributed by atoms with Crippen molar-refractivity contribution in [3.63, 3.8) is 0 Å². The van der Waals surface area contributed by atoms with E-state index in [-0.39, 0.29) is 17.7 Å². The second-order valence-electron chi connectivity index (χ2n) is 5.61. The maximum atomic E-state index is 11.9. The lowest BCUT2D eigenvalue weighted by Crippen LogP contribution is -2.46. The summed E-state index contributed by atoms with van der Waals surface area (Å²) in [6, 6.07) is -0.0147. The van der Waals surface area contributed by atoms with Gasteiger partial charge >= 0.3 is 0 Å². The fourth-order valence-corrected chi connectivity index (χ4v) is 3.06. The molecule has 0 unspecified atom stereocenters. The highest BCUT2D eigenvalue weighted by Gasteiger charge is 2.24. The lowest BCUT2D eigenvalue weighted by atomic mass is 10.0. The van der Waals surface area contributed by atoms with Crippen LogP contribution in [-0.4, -0.2) is 44.1 Å². The molecule has 0 bridgehead atoms. The number of likely N-dealkylation sites (tertiary alicyclic amines) is 1. The van der Waals surface area contributed by atoms with Gasteiger partial charge in [0.1, 0.15) is 0 Å². The van der Waals surface area contributed by atoms with E-state index >= 15 is 0 Å². The molecule has 1 heterocycles. The average molecular weight is 290 g/mol. The van der Waals surface area contributed by atoms with Crippen LogP contribution in [0.3, 0.4) is 0 Å². The van der Waals surface area contributed by atoms with Gasteiger partial charge in [0.25, 0.3) is 0 Å². The van der Waals surface area contributed by atoms with E-state index in [1.165, 1.54) is 0 Å². The SMILES string of the molecule is CCS(=O)(=O)NC1CCN(C(=O)CCC(C)C)CC1. The van der Waals surface area contributed by atoms with E-state index in [0.29, 0.717) is 38.3 Å². The van der Waals surface area contributed by atoms with Crippen molar-refractivity contribution >= 4 is 15.9 Å². The van der Waals surface area contributed by atoms with Crippen molar-refractivity contribution in [1.82, 2.24) is 9.62 Å². The Morgan fingerprint density at radius 3 is 2.37 bits per heavy atom. The van der Waals surface area contributed by atoms with Gasteiger partial charge in [-0.25, -0.2) is 13.1 Å². The number of sulfonamides is 1. The summed E-state index contributed by atoms with van der Waals surface area (Å²) >= 11 is 0. The molecule has 6 heteroatoms. The number of hydrogen-bond acceptors (Lipinski definition) is 3. The van der Waals surface area contributed by atoms with Gasteiger partial charge in [-0.3, -0.25) is 4.79 Å². The van der Waals surface area contributed by atoms with Crippen molar-refractivity contribution < 1.29 is 13.2 Å². The van der Waals surface area contributed by atoms with Gasteiger partial charge in [-0.2, -0.15) is 0 Å². The third-order valence-corrected chi connectivity index (χ3v) is 4.96. The number of nitrogens with zero attached hydrogens (tertiary/aromatic N) is 1. The highest BCUT2D eigenvalue weighted by Crippen LogP contribution is 2.14. The first-order valence-electron chi connectivity index (χ1n) is 7.12. The van der Waals surface area contributed by atoms with E-state index in [9.17, 15) is 13.2 Å². The molecule has 1 N–H and O–H groups in total. The van der Waals surface area contributed by atoms with Gasteiger partial charge in [0.15, 0.2) is 0 Å². The Hall–Kier alpha value is -0.620. The van der Waals surface area contributed by atoms with Crippen LogP contribution in [0.5, 0.6) is 0 Å². The number of piperidine rings is 1. The van der Waals surface area contributed by atoms with Gasteiger partial charge in [0.05, 0.1) is 5.75 Å². The molecule has 112 valence electrons. The quantitative estimate of drug-likeness (QED) is 0.803. The molecular formula is C13H26N2O3S. The van der Waals surface area contributed by atoms with Crippen molar-refractivity contribution in [2.24, 2.45) is 5.92 Å². The number of carbonyl (C=O) groups excluding carboxylic acids is 1. The summed E-state index contributed by atoms with van der Waals surface area (Å²) in [5.41, 5.74) is 0. The maximum absolute atomic E-state index is 11.9. The third-order valence-electron chi connectivity index (χ3n) is 3.51. The van der Waals surface area contributed by atoms with Crippen molar-refractivity contribution in [2.75, 3.05) is 18.8 Å². The van der Waals surface area contributed by atoms with E-state index in [4.69, 9.17) is 0 Å². The first kappa shape index (κ1) is 16.4. The van der Waals surface area contributed by atoms with Crippen LogP contribution in [0.15, 0.2) is 0 Å². The summed E-state index contributed by atoms with van der Waals surface area (Å²) in [5.74, 6) is 0.851. The maximum Gasteiger partial charge on any atom is 0.222 e. The largest absolute Gasteiger partial charge is 0.343 e. The number of hydrogen-bond donors (Lipinski definition) is 1. The van der Waals surface area contributed by atoms with Crippen molar-refractivity contribution in [2.45, 2.75) is 52.5 Å². The number of nitrogens with one attached hydrogen (secondary N) is 1. The van der Waals surface area contributed by atoms with Gasteiger partial charge in [0.2, 0.25) is 15.9 Å². The molecule has 1 fully saturated rings. The van der Waals surface area contributed by atoms with Crippen LogP contribution in [0.25, 0.3) is 0 Å². The normalized spacial score (nSPS) is 18.0. The minimum atomic E-state index is -3.13. The summed E-state index contributed by atoms with van der Waals surface area (Å²) in [5, 5.41) is 0. The van der Waals surface area contributed by atoms with E-state index in [1.807, 2.05) is 4.90 Å². The fraction of sp³-hybridized carbons (Fsp3) is 0.923. The van der Waals surface area contributed by atoms with Gasteiger partial charge < -0.3 is 4.90 Å². The molecule has 0 spiro atoms. The molecule has 0 radical (unpaired) electrons. The van der Waals surface area contributed by atoms with Crippen LogP contribution in [0.4, 0.5) is 0 Å². The molecule has 1 amide bonds. The molecule has 19 heavy (non-hydrogen) atoms. The Kier molecular flexibility index (Phi) is 6.26. The zero-order valence-electron chi connectivity index (χ0n) is 12.2. The van der Waals surface area contributed by atoms with Crippen molar-refractivity contribution in [3.8, 4) is 0 Å². The Morgan fingerprint density at radius 1 is 1.32 bits per heavy atom. The second kappa shape index (κ2) is 7.24. The van der Waals surface area contributed by atoms with E-state index in [1.54, 1.807) is 6.92 Å². The predicted octanol–water partition coefficient (Wildman–Crippen LogP) is 1.35. The molecule has 1 aliphatic rings. The minimum Gasteiger partial charge on any atom is -0.343 e. The van der Waals surface area contributed by atoms with Crippen LogP contribution in [0, 0.1) is 5.92 Å². The second-order valence-corrected chi connectivity index (χ2v) is 7.65. The first-order valence-corrected chi connectivity index (χ1v) is 8.77. The number of carbonyl (C=O) groups is 1. The number of amides is 1. The first-order chi connectivity index (χ1) is 8.84. The van der Waals surface area contributed by atoms with Gasteiger partial charge in [-0.05, 0) is 32.1 Å². The Labute approximate surface area is 116 Å². The lowest BCUT2D eigenvalue weighted by Gasteiger charge is -2.32. The predicted molar refractivity (Wildman–Crippen MR) is 76.3 cm³/mol. The molecule has 0 saturated carbocycles. The zero-order valence-corrected chi connectivity index (χ0v) is 13.0. The van der Waals surface area contributed by atoms with Crippen molar-refractivity contribution in [1.29, 1.82) is 0 Å². The summed E-state index contributed by atoms with van der Waals surface area (Å²) in [6.07, 6.45) is 2.95. The molecule has 1 saturated heterocycles. The summed E-state index contributed by atoms with van der Waals surface area (Å²) in [7, 11) is -3.13. The van der Waals surface area contributed by atoms with Crippen molar-refractivity contribution in [3.05, 3.63) is 0 Å². The summed E-state index contributed by atoms with van der Waals surface area (Å²) < 4.78 is 25.6. The summed E-state index contributed by atoms with van der Waals surface area (Å²) in [4.78, 5) is 13.8. The van der Waals surface area contributed by atoms with Crippen LogP contribution in [0.2, 0.25) is 0 Å². The molecule has 5 nitrogen and oxygen atoms in total. The molecular weight excluding hydrogens is 264 g/mol. The van der Waals surface area contributed by atoms with Gasteiger partial charge in [-0.1, -0.05) is 13.8 Å². The van der Waals surface area contributed by atoms with Crippen LogP contribution in [0.1, 0.15) is 46.5 Å².